The van der Waals surface area contributed by atoms with Crippen LogP contribution in [0.1, 0.15) is 28.4 Å². The quantitative estimate of drug-likeness (QED) is 0.846. The zero-order chi connectivity index (χ0) is 13.3. The van der Waals surface area contributed by atoms with Crippen molar-refractivity contribution in [1.29, 1.82) is 0 Å². The Morgan fingerprint density at radius 1 is 1.00 bits per heavy atom. The van der Waals surface area contributed by atoms with Gasteiger partial charge in [-0.15, -0.1) is 0 Å². The van der Waals surface area contributed by atoms with Gasteiger partial charge in [0.25, 0.3) is 0 Å². The molecule has 1 unspecified atom stereocenters. The SMILES string of the molecule is Cc1ccc(C)c(C(O)c2c(Cl)cccc2Cl)c1. The molecule has 18 heavy (non-hydrogen) atoms. The van der Waals surface area contributed by atoms with E-state index in [1.807, 2.05) is 32.0 Å². The van der Waals surface area contributed by atoms with Crippen molar-refractivity contribution in [1.82, 2.24) is 0 Å². The molecule has 1 nitrogen and oxygen atoms in total. The highest BCUT2D eigenvalue weighted by molar-refractivity contribution is 6.36. The van der Waals surface area contributed by atoms with Gasteiger partial charge in [0.1, 0.15) is 6.10 Å². The van der Waals surface area contributed by atoms with Crippen LogP contribution < -0.4 is 0 Å². The minimum Gasteiger partial charge on any atom is -0.384 e. The average molecular weight is 281 g/mol. The largest absolute Gasteiger partial charge is 0.384 e. The number of rotatable bonds is 2. The zero-order valence-corrected chi connectivity index (χ0v) is 11.8. The Hall–Kier alpha value is -1.02. The van der Waals surface area contributed by atoms with E-state index in [0.29, 0.717) is 15.6 Å². The summed E-state index contributed by atoms with van der Waals surface area (Å²) in [5.74, 6) is 0. The summed E-state index contributed by atoms with van der Waals surface area (Å²) in [7, 11) is 0. The van der Waals surface area contributed by atoms with Gasteiger partial charge in [-0.05, 0) is 37.1 Å². The number of aliphatic hydroxyl groups is 1. The van der Waals surface area contributed by atoms with E-state index in [9.17, 15) is 5.11 Å². The second-order valence-corrected chi connectivity index (χ2v) is 5.21. The summed E-state index contributed by atoms with van der Waals surface area (Å²) >= 11 is 12.2. The fourth-order valence-corrected chi connectivity index (χ4v) is 2.59. The van der Waals surface area contributed by atoms with Crippen molar-refractivity contribution in [3.63, 3.8) is 0 Å². The molecule has 2 aromatic rings. The number of aliphatic hydroxyl groups excluding tert-OH is 1. The lowest BCUT2D eigenvalue weighted by Gasteiger charge is -2.17. The van der Waals surface area contributed by atoms with E-state index >= 15 is 0 Å². The molecule has 0 saturated heterocycles. The topological polar surface area (TPSA) is 20.2 Å². The Balaban J connectivity index is 2.54. The molecule has 0 aliphatic heterocycles. The summed E-state index contributed by atoms with van der Waals surface area (Å²) < 4.78 is 0. The smallest absolute Gasteiger partial charge is 0.107 e. The average Bonchev–Trinajstić information content (AvgIpc) is 2.32. The second-order valence-electron chi connectivity index (χ2n) is 4.40. The normalized spacial score (nSPS) is 12.5. The van der Waals surface area contributed by atoms with Gasteiger partial charge >= 0.3 is 0 Å². The highest BCUT2D eigenvalue weighted by atomic mass is 35.5. The number of hydrogen-bond donors (Lipinski definition) is 1. The lowest BCUT2D eigenvalue weighted by atomic mass is 9.96. The van der Waals surface area contributed by atoms with E-state index in [4.69, 9.17) is 23.2 Å². The molecule has 2 rings (SSSR count). The van der Waals surface area contributed by atoms with E-state index in [1.54, 1.807) is 18.2 Å². The minimum atomic E-state index is -0.800. The molecule has 0 bridgehead atoms. The van der Waals surface area contributed by atoms with Gasteiger partial charge in [-0.2, -0.15) is 0 Å². The first-order valence-corrected chi connectivity index (χ1v) is 6.45. The molecule has 1 atom stereocenters. The van der Waals surface area contributed by atoms with Gasteiger partial charge < -0.3 is 5.11 Å². The van der Waals surface area contributed by atoms with Crippen molar-refractivity contribution in [2.75, 3.05) is 0 Å². The maximum absolute atomic E-state index is 10.5. The Kier molecular flexibility index (Phi) is 3.96. The molecule has 0 amide bonds. The van der Waals surface area contributed by atoms with Crippen LogP contribution in [0.25, 0.3) is 0 Å². The van der Waals surface area contributed by atoms with Crippen LogP contribution in [-0.4, -0.2) is 5.11 Å². The number of benzene rings is 2. The Morgan fingerprint density at radius 2 is 1.61 bits per heavy atom. The summed E-state index contributed by atoms with van der Waals surface area (Å²) in [5.41, 5.74) is 3.52. The van der Waals surface area contributed by atoms with Crippen LogP contribution in [-0.2, 0) is 0 Å². The van der Waals surface area contributed by atoms with Gasteiger partial charge in [0.2, 0.25) is 0 Å². The van der Waals surface area contributed by atoms with Crippen molar-refractivity contribution in [2.45, 2.75) is 20.0 Å². The van der Waals surface area contributed by atoms with E-state index in [0.717, 1.165) is 16.7 Å². The highest BCUT2D eigenvalue weighted by Crippen LogP contribution is 2.35. The van der Waals surface area contributed by atoms with Crippen molar-refractivity contribution < 1.29 is 5.11 Å². The lowest BCUT2D eigenvalue weighted by Crippen LogP contribution is -2.04. The molecule has 2 aromatic carbocycles. The summed E-state index contributed by atoms with van der Waals surface area (Å²) in [5, 5.41) is 11.5. The fraction of sp³-hybridized carbons (Fsp3) is 0.200. The van der Waals surface area contributed by atoms with Crippen LogP contribution >= 0.6 is 23.2 Å². The first-order valence-electron chi connectivity index (χ1n) is 5.70. The summed E-state index contributed by atoms with van der Waals surface area (Å²) in [6, 6.07) is 11.2. The summed E-state index contributed by atoms with van der Waals surface area (Å²) in [6.45, 7) is 3.95. The molecule has 0 saturated carbocycles. The third kappa shape index (κ3) is 2.54. The summed E-state index contributed by atoms with van der Waals surface area (Å²) in [4.78, 5) is 0. The Labute approximate surface area is 117 Å². The Bertz CT molecular complexity index is 558. The lowest BCUT2D eigenvalue weighted by molar-refractivity contribution is 0.219. The van der Waals surface area contributed by atoms with Crippen LogP contribution in [0.2, 0.25) is 10.0 Å². The monoisotopic (exact) mass is 280 g/mol. The van der Waals surface area contributed by atoms with E-state index < -0.39 is 6.10 Å². The third-order valence-electron chi connectivity index (χ3n) is 3.00. The van der Waals surface area contributed by atoms with Crippen molar-refractivity contribution in [3.05, 3.63) is 68.7 Å². The van der Waals surface area contributed by atoms with E-state index in [2.05, 4.69) is 0 Å². The van der Waals surface area contributed by atoms with E-state index in [1.165, 1.54) is 0 Å². The van der Waals surface area contributed by atoms with Gasteiger partial charge in [-0.3, -0.25) is 0 Å². The molecule has 0 heterocycles. The molecule has 0 spiro atoms. The predicted octanol–water partition coefficient (Wildman–Crippen LogP) is 4.69. The molecule has 0 aliphatic rings. The van der Waals surface area contributed by atoms with Crippen molar-refractivity contribution >= 4 is 23.2 Å². The van der Waals surface area contributed by atoms with Crippen LogP contribution in [0, 0.1) is 13.8 Å². The molecule has 94 valence electrons. The molecule has 1 N–H and O–H groups in total. The molecular formula is C15H14Cl2O. The minimum absolute atomic E-state index is 0.482. The number of hydrogen-bond acceptors (Lipinski definition) is 1. The third-order valence-corrected chi connectivity index (χ3v) is 3.66. The maximum Gasteiger partial charge on any atom is 0.107 e. The fourth-order valence-electron chi connectivity index (χ4n) is 1.98. The van der Waals surface area contributed by atoms with Crippen LogP contribution in [0.15, 0.2) is 36.4 Å². The first kappa shape index (κ1) is 13.4. The van der Waals surface area contributed by atoms with Gasteiger partial charge in [0.05, 0.1) is 0 Å². The number of halogens is 2. The van der Waals surface area contributed by atoms with Gasteiger partial charge in [0, 0.05) is 15.6 Å². The molecule has 0 radical (unpaired) electrons. The number of aryl methyl sites for hydroxylation is 2. The van der Waals surface area contributed by atoms with E-state index in [-0.39, 0.29) is 0 Å². The van der Waals surface area contributed by atoms with Gasteiger partial charge in [-0.1, -0.05) is 53.0 Å². The highest BCUT2D eigenvalue weighted by Gasteiger charge is 2.18. The Morgan fingerprint density at radius 3 is 2.22 bits per heavy atom. The second kappa shape index (κ2) is 5.31. The molecule has 0 fully saturated rings. The van der Waals surface area contributed by atoms with Crippen LogP contribution in [0.5, 0.6) is 0 Å². The first-order chi connectivity index (χ1) is 8.50. The van der Waals surface area contributed by atoms with Gasteiger partial charge in [0.15, 0.2) is 0 Å². The van der Waals surface area contributed by atoms with Crippen LogP contribution in [0.3, 0.4) is 0 Å². The molecule has 0 aliphatic carbocycles. The van der Waals surface area contributed by atoms with Gasteiger partial charge in [-0.25, -0.2) is 0 Å². The standard InChI is InChI=1S/C15H14Cl2O/c1-9-6-7-10(2)11(8-9)15(18)14-12(16)4-3-5-13(14)17/h3-8,15,18H,1-2H3. The van der Waals surface area contributed by atoms with Crippen molar-refractivity contribution in [2.24, 2.45) is 0 Å². The molecule has 0 aromatic heterocycles. The zero-order valence-electron chi connectivity index (χ0n) is 10.2. The predicted molar refractivity (Wildman–Crippen MR) is 76.4 cm³/mol. The maximum atomic E-state index is 10.5. The van der Waals surface area contributed by atoms with Crippen molar-refractivity contribution in [3.8, 4) is 0 Å². The summed E-state index contributed by atoms with van der Waals surface area (Å²) in [6.07, 6.45) is -0.800. The molecular weight excluding hydrogens is 267 g/mol. The van der Waals surface area contributed by atoms with Crippen LogP contribution in [0.4, 0.5) is 0 Å². The molecule has 3 heteroatoms.